The highest BCUT2D eigenvalue weighted by atomic mass is 16.2. The number of benzene rings is 1. The van der Waals surface area contributed by atoms with Crippen LogP contribution in [0.1, 0.15) is 30.7 Å². The Bertz CT molecular complexity index is 476. The first kappa shape index (κ1) is 12.2. The molecule has 1 saturated heterocycles. The van der Waals surface area contributed by atoms with Crippen LogP contribution in [0, 0.1) is 5.92 Å². The lowest BCUT2D eigenvalue weighted by Gasteiger charge is -2.21. The van der Waals surface area contributed by atoms with Gasteiger partial charge in [0, 0.05) is 24.9 Å². The highest BCUT2D eigenvalue weighted by Gasteiger charge is 2.40. The van der Waals surface area contributed by atoms with Gasteiger partial charge < -0.3 is 10.6 Å². The lowest BCUT2D eigenvalue weighted by atomic mass is 9.98. The third-order valence-electron chi connectivity index (χ3n) is 3.98. The van der Waals surface area contributed by atoms with Crippen LogP contribution in [-0.2, 0) is 9.59 Å². The van der Waals surface area contributed by atoms with Crippen molar-refractivity contribution in [1.82, 2.24) is 10.6 Å². The molecule has 3 unspecified atom stereocenters. The van der Waals surface area contributed by atoms with Gasteiger partial charge in [-0.15, -0.1) is 0 Å². The van der Waals surface area contributed by atoms with Crippen LogP contribution in [0.25, 0.3) is 0 Å². The second-order valence-corrected chi connectivity index (χ2v) is 5.41. The zero-order valence-corrected chi connectivity index (χ0v) is 10.8. The molecule has 4 heteroatoms. The van der Waals surface area contributed by atoms with Crippen molar-refractivity contribution in [3.63, 3.8) is 0 Å². The molecule has 2 amide bonds. The Hall–Kier alpha value is -1.84. The number of rotatable bonds is 3. The Balaban J connectivity index is 1.51. The molecule has 1 aliphatic heterocycles. The molecule has 0 radical (unpaired) electrons. The van der Waals surface area contributed by atoms with Crippen LogP contribution in [0.15, 0.2) is 30.3 Å². The summed E-state index contributed by atoms with van der Waals surface area (Å²) in [4.78, 5) is 23.1. The van der Waals surface area contributed by atoms with Gasteiger partial charge >= 0.3 is 0 Å². The summed E-state index contributed by atoms with van der Waals surface area (Å²) in [6.07, 6.45) is 2.15. The van der Waals surface area contributed by atoms with Crippen LogP contribution in [-0.4, -0.2) is 24.4 Å². The monoisotopic (exact) mass is 258 g/mol. The Morgan fingerprint density at radius 1 is 1.26 bits per heavy atom. The molecule has 100 valence electrons. The molecule has 0 spiro atoms. The maximum atomic E-state index is 12.1. The largest absolute Gasteiger partial charge is 0.355 e. The summed E-state index contributed by atoms with van der Waals surface area (Å²) in [5, 5.41) is 5.85. The average molecular weight is 258 g/mol. The second-order valence-electron chi connectivity index (χ2n) is 5.41. The number of amides is 2. The molecule has 0 aromatic heterocycles. The molecule has 3 rings (SSSR count). The van der Waals surface area contributed by atoms with Gasteiger partial charge in [0.1, 0.15) is 0 Å². The molecule has 0 bridgehead atoms. The maximum absolute atomic E-state index is 12.1. The van der Waals surface area contributed by atoms with Crippen molar-refractivity contribution in [3.8, 4) is 0 Å². The van der Waals surface area contributed by atoms with E-state index in [2.05, 4.69) is 22.8 Å². The number of hydrogen-bond donors (Lipinski definition) is 2. The van der Waals surface area contributed by atoms with Crippen molar-refractivity contribution < 1.29 is 9.59 Å². The molecular weight excluding hydrogens is 240 g/mol. The standard InChI is InChI=1S/C15H18N2O2/c18-14-7-6-11(9-16-14)15(19)17-13-8-12(13)10-4-2-1-3-5-10/h1-5,11-13H,6-9H2,(H,16,18)(H,17,19). The quantitative estimate of drug-likeness (QED) is 0.855. The fraction of sp³-hybridized carbons (Fsp3) is 0.467. The molecule has 1 heterocycles. The molecule has 2 N–H and O–H groups in total. The Morgan fingerprint density at radius 2 is 2.05 bits per heavy atom. The SMILES string of the molecule is O=C1CCC(C(=O)NC2CC2c2ccccc2)CN1. The van der Waals surface area contributed by atoms with Gasteiger partial charge in [-0.25, -0.2) is 0 Å². The van der Waals surface area contributed by atoms with E-state index in [1.807, 2.05) is 18.2 Å². The van der Waals surface area contributed by atoms with E-state index >= 15 is 0 Å². The minimum atomic E-state index is -0.0604. The highest BCUT2D eigenvalue weighted by molar-refractivity contribution is 5.84. The van der Waals surface area contributed by atoms with E-state index < -0.39 is 0 Å². The van der Waals surface area contributed by atoms with Crippen LogP contribution in [0.2, 0.25) is 0 Å². The fourth-order valence-electron chi connectivity index (χ4n) is 2.68. The third-order valence-corrected chi connectivity index (χ3v) is 3.98. The first-order valence-corrected chi connectivity index (χ1v) is 6.86. The lowest BCUT2D eigenvalue weighted by molar-refractivity contribution is -0.129. The van der Waals surface area contributed by atoms with Gasteiger partial charge in [-0.2, -0.15) is 0 Å². The van der Waals surface area contributed by atoms with Crippen molar-refractivity contribution >= 4 is 11.8 Å². The Morgan fingerprint density at radius 3 is 2.74 bits per heavy atom. The summed E-state index contributed by atoms with van der Waals surface area (Å²) in [5.41, 5.74) is 1.30. The summed E-state index contributed by atoms with van der Waals surface area (Å²) in [7, 11) is 0. The smallest absolute Gasteiger partial charge is 0.225 e. The molecule has 1 aromatic carbocycles. The van der Waals surface area contributed by atoms with Crippen molar-refractivity contribution in [1.29, 1.82) is 0 Å². The number of carbonyl (C=O) groups is 2. The average Bonchev–Trinajstić information content (AvgIpc) is 3.20. The fourth-order valence-corrected chi connectivity index (χ4v) is 2.68. The summed E-state index contributed by atoms with van der Waals surface area (Å²) in [6.45, 7) is 0.480. The molecule has 1 aromatic rings. The van der Waals surface area contributed by atoms with E-state index in [1.165, 1.54) is 5.56 Å². The predicted octanol–water partition coefficient (Wildman–Crippen LogP) is 1.18. The lowest BCUT2D eigenvalue weighted by Crippen LogP contribution is -2.43. The first-order chi connectivity index (χ1) is 9.24. The van der Waals surface area contributed by atoms with Crippen LogP contribution >= 0.6 is 0 Å². The number of hydrogen-bond acceptors (Lipinski definition) is 2. The summed E-state index contributed by atoms with van der Waals surface area (Å²) >= 11 is 0. The van der Waals surface area contributed by atoms with Crippen molar-refractivity contribution in [3.05, 3.63) is 35.9 Å². The van der Waals surface area contributed by atoms with Crippen LogP contribution < -0.4 is 10.6 Å². The molecule has 4 nitrogen and oxygen atoms in total. The zero-order valence-electron chi connectivity index (χ0n) is 10.8. The van der Waals surface area contributed by atoms with Gasteiger partial charge in [0.15, 0.2) is 0 Å². The predicted molar refractivity (Wildman–Crippen MR) is 71.5 cm³/mol. The van der Waals surface area contributed by atoms with Crippen molar-refractivity contribution in [2.75, 3.05) is 6.54 Å². The van der Waals surface area contributed by atoms with Crippen molar-refractivity contribution in [2.45, 2.75) is 31.2 Å². The van der Waals surface area contributed by atoms with Crippen molar-refractivity contribution in [2.24, 2.45) is 5.92 Å². The van der Waals surface area contributed by atoms with Crippen LogP contribution in [0.4, 0.5) is 0 Å². The van der Waals surface area contributed by atoms with Gasteiger partial charge in [-0.05, 0) is 18.4 Å². The van der Waals surface area contributed by atoms with Gasteiger partial charge in [-0.3, -0.25) is 9.59 Å². The first-order valence-electron chi connectivity index (χ1n) is 6.86. The second kappa shape index (κ2) is 5.03. The van der Waals surface area contributed by atoms with E-state index in [9.17, 15) is 9.59 Å². The number of carbonyl (C=O) groups excluding carboxylic acids is 2. The molecule has 2 aliphatic rings. The molecule has 2 fully saturated rings. The molecule has 19 heavy (non-hydrogen) atoms. The Kier molecular flexibility index (Phi) is 3.23. The molecule has 1 saturated carbocycles. The van der Waals surface area contributed by atoms with E-state index in [0.29, 0.717) is 25.3 Å². The molecular formula is C15H18N2O2. The molecule has 1 aliphatic carbocycles. The number of nitrogens with one attached hydrogen (secondary N) is 2. The van der Waals surface area contributed by atoms with Gasteiger partial charge in [0.05, 0.1) is 5.92 Å². The topological polar surface area (TPSA) is 58.2 Å². The number of piperidine rings is 1. The van der Waals surface area contributed by atoms with Crippen LogP contribution in [0.3, 0.4) is 0 Å². The summed E-state index contributed by atoms with van der Waals surface area (Å²) in [6, 6.07) is 10.6. The van der Waals surface area contributed by atoms with E-state index in [-0.39, 0.29) is 23.8 Å². The van der Waals surface area contributed by atoms with Gasteiger partial charge in [0.25, 0.3) is 0 Å². The maximum Gasteiger partial charge on any atom is 0.225 e. The Labute approximate surface area is 112 Å². The van der Waals surface area contributed by atoms with E-state index in [0.717, 1.165) is 6.42 Å². The zero-order chi connectivity index (χ0) is 13.2. The summed E-state index contributed by atoms with van der Waals surface area (Å²) < 4.78 is 0. The minimum Gasteiger partial charge on any atom is -0.355 e. The van der Waals surface area contributed by atoms with Gasteiger partial charge in [-0.1, -0.05) is 30.3 Å². The van der Waals surface area contributed by atoms with Gasteiger partial charge in [0.2, 0.25) is 11.8 Å². The molecule has 3 atom stereocenters. The highest BCUT2D eigenvalue weighted by Crippen LogP contribution is 2.40. The van der Waals surface area contributed by atoms with E-state index in [1.54, 1.807) is 0 Å². The minimum absolute atomic E-state index is 0.0534. The third kappa shape index (κ3) is 2.78. The van der Waals surface area contributed by atoms with Crippen LogP contribution in [0.5, 0.6) is 0 Å². The normalized spacial score (nSPS) is 29.5. The van der Waals surface area contributed by atoms with E-state index in [4.69, 9.17) is 0 Å². The summed E-state index contributed by atoms with van der Waals surface area (Å²) in [5.74, 6) is 0.541.